The first kappa shape index (κ1) is 14.0. The van der Waals surface area contributed by atoms with Crippen molar-refractivity contribution in [2.75, 3.05) is 11.9 Å². The Hall–Kier alpha value is -2.39. The van der Waals surface area contributed by atoms with Crippen LogP contribution < -0.4 is 16.4 Å². The van der Waals surface area contributed by atoms with Crippen molar-refractivity contribution in [3.05, 3.63) is 29.6 Å². The van der Waals surface area contributed by atoms with Crippen LogP contribution in [0.2, 0.25) is 0 Å². The van der Waals surface area contributed by atoms with Gasteiger partial charge in [-0.2, -0.15) is 0 Å². The lowest BCUT2D eigenvalue weighted by Gasteiger charge is -2.11. The van der Waals surface area contributed by atoms with Gasteiger partial charge in [0.1, 0.15) is 11.9 Å². The Labute approximate surface area is 115 Å². The van der Waals surface area contributed by atoms with Gasteiger partial charge in [-0.25, -0.2) is 4.39 Å². The van der Waals surface area contributed by atoms with Gasteiger partial charge in [0.15, 0.2) is 0 Å². The molecule has 20 heavy (non-hydrogen) atoms. The van der Waals surface area contributed by atoms with E-state index in [2.05, 4.69) is 22.5 Å². The number of nitrogens with two attached hydrogens (primary N) is 1. The van der Waals surface area contributed by atoms with Crippen LogP contribution in [-0.2, 0) is 9.59 Å². The summed E-state index contributed by atoms with van der Waals surface area (Å²) in [5, 5.41) is 5.11. The fourth-order valence-electron chi connectivity index (χ4n) is 1.88. The zero-order chi connectivity index (χ0) is 14.5. The lowest BCUT2D eigenvalue weighted by molar-refractivity contribution is -0.122. The second kappa shape index (κ2) is 6.17. The number of anilines is 1. The van der Waals surface area contributed by atoms with Crippen LogP contribution in [0.5, 0.6) is 0 Å². The van der Waals surface area contributed by atoms with Crippen LogP contribution in [0.25, 0.3) is 0 Å². The van der Waals surface area contributed by atoms with Crippen molar-refractivity contribution >= 4 is 17.5 Å². The molecule has 1 unspecified atom stereocenters. The Morgan fingerprint density at radius 1 is 1.55 bits per heavy atom. The second-order valence-corrected chi connectivity index (χ2v) is 4.35. The quantitative estimate of drug-likeness (QED) is 0.681. The van der Waals surface area contributed by atoms with E-state index in [0.29, 0.717) is 18.5 Å². The molecule has 5 nitrogen and oxygen atoms in total. The molecule has 1 aliphatic heterocycles. The highest BCUT2D eigenvalue weighted by molar-refractivity contribution is 5.99. The lowest BCUT2D eigenvalue weighted by atomic mass is 10.1. The highest BCUT2D eigenvalue weighted by atomic mass is 19.1. The van der Waals surface area contributed by atoms with Crippen molar-refractivity contribution in [2.45, 2.75) is 18.9 Å². The first-order valence-corrected chi connectivity index (χ1v) is 6.19. The number of amides is 2. The fraction of sp³-hybridized carbons (Fsp3) is 0.286. The van der Waals surface area contributed by atoms with E-state index < -0.39 is 11.9 Å². The minimum absolute atomic E-state index is 0.149. The zero-order valence-corrected chi connectivity index (χ0v) is 10.7. The number of halogens is 1. The third kappa shape index (κ3) is 3.33. The SMILES string of the molecule is NCC#Cc1ccc(NC(=O)C2CCC(=O)N2)cc1F. The van der Waals surface area contributed by atoms with E-state index in [-0.39, 0.29) is 23.9 Å². The van der Waals surface area contributed by atoms with E-state index in [0.717, 1.165) is 0 Å². The summed E-state index contributed by atoms with van der Waals surface area (Å²) in [6.45, 7) is 0.152. The topological polar surface area (TPSA) is 84.2 Å². The summed E-state index contributed by atoms with van der Waals surface area (Å²) in [4.78, 5) is 22.9. The number of hydrogen-bond donors (Lipinski definition) is 3. The maximum Gasteiger partial charge on any atom is 0.246 e. The molecule has 1 saturated heterocycles. The molecule has 1 aromatic rings. The van der Waals surface area contributed by atoms with Crippen molar-refractivity contribution in [2.24, 2.45) is 5.73 Å². The fourth-order valence-corrected chi connectivity index (χ4v) is 1.88. The van der Waals surface area contributed by atoms with Gasteiger partial charge < -0.3 is 16.4 Å². The van der Waals surface area contributed by atoms with E-state index in [1.54, 1.807) is 6.07 Å². The van der Waals surface area contributed by atoms with Crippen LogP contribution >= 0.6 is 0 Å². The Balaban J connectivity index is 2.05. The molecule has 1 aliphatic rings. The minimum atomic E-state index is -0.553. The van der Waals surface area contributed by atoms with Crippen LogP contribution in [-0.4, -0.2) is 24.4 Å². The summed E-state index contributed by atoms with van der Waals surface area (Å²) in [5.41, 5.74) is 5.77. The van der Waals surface area contributed by atoms with Crippen molar-refractivity contribution in [3.8, 4) is 11.8 Å². The predicted molar refractivity (Wildman–Crippen MR) is 72.1 cm³/mol. The van der Waals surface area contributed by atoms with Gasteiger partial charge in [-0.05, 0) is 24.6 Å². The molecular formula is C14H14FN3O2. The van der Waals surface area contributed by atoms with E-state index in [1.165, 1.54) is 12.1 Å². The van der Waals surface area contributed by atoms with E-state index >= 15 is 0 Å². The Bertz CT molecular complexity index is 604. The van der Waals surface area contributed by atoms with Gasteiger partial charge in [0.05, 0.1) is 12.1 Å². The van der Waals surface area contributed by atoms with Crippen molar-refractivity contribution in [1.29, 1.82) is 0 Å². The largest absolute Gasteiger partial charge is 0.344 e. The predicted octanol–water partition coefficient (Wildman–Crippen LogP) is 0.353. The molecule has 1 aromatic carbocycles. The van der Waals surface area contributed by atoms with Gasteiger partial charge >= 0.3 is 0 Å². The average Bonchev–Trinajstić information content (AvgIpc) is 2.85. The Kier molecular flexibility index (Phi) is 4.33. The van der Waals surface area contributed by atoms with Crippen molar-refractivity contribution in [3.63, 3.8) is 0 Å². The molecule has 4 N–H and O–H groups in total. The maximum absolute atomic E-state index is 13.7. The summed E-state index contributed by atoms with van der Waals surface area (Å²) in [7, 11) is 0. The molecule has 104 valence electrons. The smallest absolute Gasteiger partial charge is 0.246 e. The van der Waals surface area contributed by atoms with Gasteiger partial charge in [0.2, 0.25) is 11.8 Å². The van der Waals surface area contributed by atoms with Crippen LogP contribution in [0.15, 0.2) is 18.2 Å². The molecule has 1 fully saturated rings. The van der Waals surface area contributed by atoms with Gasteiger partial charge in [0, 0.05) is 12.1 Å². The van der Waals surface area contributed by atoms with E-state index in [9.17, 15) is 14.0 Å². The lowest BCUT2D eigenvalue weighted by Crippen LogP contribution is -2.37. The van der Waals surface area contributed by atoms with Crippen LogP contribution in [0.3, 0.4) is 0 Å². The molecule has 1 atom stereocenters. The summed E-state index contributed by atoms with van der Waals surface area (Å²) < 4.78 is 13.7. The molecule has 0 aromatic heterocycles. The number of hydrogen-bond acceptors (Lipinski definition) is 3. The normalized spacial score (nSPS) is 17.1. The van der Waals surface area contributed by atoms with Crippen LogP contribution in [0, 0.1) is 17.7 Å². The first-order valence-electron chi connectivity index (χ1n) is 6.19. The monoisotopic (exact) mass is 275 g/mol. The number of nitrogens with one attached hydrogen (secondary N) is 2. The van der Waals surface area contributed by atoms with Gasteiger partial charge in [-0.3, -0.25) is 9.59 Å². The molecule has 0 radical (unpaired) electrons. The minimum Gasteiger partial charge on any atom is -0.344 e. The molecule has 0 saturated carbocycles. The molecule has 0 bridgehead atoms. The van der Waals surface area contributed by atoms with Crippen LogP contribution in [0.1, 0.15) is 18.4 Å². The van der Waals surface area contributed by atoms with Gasteiger partial charge in [-0.15, -0.1) is 0 Å². The zero-order valence-electron chi connectivity index (χ0n) is 10.7. The van der Waals surface area contributed by atoms with E-state index in [1.807, 2.05) is 0 Å². The van der Waals surface area contributed by atoms with Gasteiger partial charge in [-0.1, -0.05) is 11.8 Å². The average molecular weight is 275 g/mol. The number of carbonyl (C=O) groups is 2. The molecule has 6 heteroatoms. The highest BCUT2D eigenvalue weighted by Crippen LogP contribution is 2.15. The number of benzene rings is 1. The molecule has 2 amide bonds. The number of rotatable bonds is 2. The molecule has 2 rings (SSSR count). The van der Waals surface area contributed by atoms with E-state index in [4.69, 9.17) is 5.73 Å². The molecule has 1 heterocycles. The Morgan fingerprint density at radius 3 is 2.95 bits per heavy atom. The summed E-state index contributed by atoms with van der Waals surface area (Å²) >= 11 is 0. The summed E-state index contributed by atoms with van der Waals surface area (Å²) in [6, 6.07) is 3.66. The Morgan fingerprint density at radius 2 is 2.35 bits per heavy atom. The highest BCUT2D eigenvalue weighted by Gasteiger charge is 2.27. The molecule has 0 aliphatic carbocycles. The maximum atomic E-state index is 13.7. The third-order valence-electron chi connectivity index (χ3n) is 2.87. The third-order valence-corrected chi connectivity index (χ3v) is 2.87. The first-order chi connectivity index (χ1) is 9.60. The van der Waals surface area contributed by atoms with Crippen LogP contribution in [0.4, 0.5) is 10.1 Å². The molecule has 0 spiro atoms. The summed E-state index contributed by atoms with van der Waals surface area (Å²) in [6.07, 6.45) is 0.785. The van der Waals surface area contributed by atoms with Crippen molar-refractivity contribution in [1.82, 2.24) is 5.32 Å². The summed E-state index contributed by atoms with van der Waals surface area (Å²) in [5.74, 6) is 4.12. The van der Waals surface area contributed by atoms with Crippen molar-refractivity contribution < 1.29 is 14.0 Å². The van der Waals surface area contributed by atoms with Gasteiger partial charge in [0.25, 0.3) is 0 Å². The number of carbonyl (C=O) groups excluding carboxylic acids is 2. The second-order valence-electron chi connectivity index (χ2n) is 4.35. The molecular weight excluding hydrogens is 261 g/mol. The standard InChI is InChI=1S/C14H14FN3O2/c15-11-8-10(4-3-9(11)2-1-7-16)17-14(20)12-5-6-13(19)18-12/h3-4,8,12H,5-7,16H2,(H,17,20)(H,18,19).